The highest BCUT2D eigenvalue weighted by atomic mass is 16.6. The third-order valence-corrected chi connectivity index (χ3v) is 3.61. The number of amides is 3. The van der Waals surface area contributed by atoms with Crippen molar-refractivity contribution in [3.8, 4) is 0 Å². The fourth-order valence-corrected chi connectivity index (χ4v) is 2.57. The fourth-order valence-electron chi connectivity index (χ4n) is 2.57. The Morgan fingerprint density at radius 2 is 1.41 bits per heavy atom. The lowest BCUT2D eigenvalue weighted by Crippen LogP contribution is -2.57. The monoisotopic (exact) mass is 486 g/mol. The van der Waals surface area contributed by atoms with E-state index in [0.717, 1.165) is 13.0 Å². The Kier molecular flexibility index (Phi) is 9.00. The first-order chi connectivity index (χ1) is 15.4. The molecule has 190 valence electrons. The number of alkyl carbamates (subject to hydrolysis) is 2. The van der Waals surface area contributed by atoms with Crippen LogP contribution in [0, 0.1) is 0 Å². The molecule has 0 saturated heterocycles. The summed E-state index contributed by atoms with van der Waals surface area (Å²) in [4.78, 5) is 63.4. The summed E-state index contributed by atoms with van der Waals surface area (Å²) in [5.74, 6) is -5.12. The summed E-state index contributed by atoms with van der Waals surface area (Å²) in [6, 6.07) is -2.79. The van der Waals surface area contributed by atoms with Crippen molar-refractivity contribution >= 4 is 36.0 Å². The molecular formula is C20H30N4O10. The summed E-state index contributed by atoms with van der Waals surface area (Å²) in [7, 11) is 0. The summed E-state index contributed by atoms with van der Waals surface area (Å²) in [5, 5.41) is 25.5. The number of hydrogen-bond donors (Lipinski definition) is 5. The van der Waals surface area contributed by atoms with Crippen LogP contribution in [0.2, 0.25) is 0 Å². The van der Waals surface area contributed by atoms with Gasteiger partial charge in [-0.3, -0.25) is 15.4 Å². The first-order valence-corrected chi connectivity index (χ1v) is 10.1. The Balaban J connectivity index is 3.47. The zero-order valence-electron chi connectivity index (χ0n) is 19.9. The molecule has 1 aliphatic heterocycles. The van der Waals surface area contributed by atoms with Gasteiger partial charge in [0.15, 0.2) is 0 Å². The first kappa shape index (κ1) is 28.2. The van der Waals surface area contributed by atoms with Crippen molar-refractivity contribution in [1.82, 2.24) is 16.0 Å². The van der Waals surface area contributed by atoms with E-state index in [2.05, 4.69) is 20.9 Å². The number of aliphatic carboxylic acids is 2. The Labute approximate surface area is 195 Å². The van der Waals surface area contributed by atoms with Crippen LogP contribution in [0.4, 0.5) is 9.59 Å². The van der Waals surface area contributed by atoms with E-state index in [1.54, 1.807) is 41.5 Å². The topological polar surface area (TPSA) is 202 Å². The van der Waals surface area contributed by atoms with Crippen LogP contribution in [0.3, 0.4) is 0 Å². The molecule has 14 heteroatoms. The second-order valence-corrected chi connectivity index (χ2v) is 9.16. The minimum atomic E-state index is -1.84. The molecule has 0 fully saturated rings. The molecule has 0 radical (unpaired) electrons. The van der Waals surface area contributed by atoms with E-state index in [1.807, 2.05) is 0 Å². The van der Waals surface area contributed by atoms with Gasteiger partial charge in [-0.1, -0.05) is 0 Å². The molecule has 0 unspecified atom stereocenters. The molecule has 0 aromatic rings. The third kappa shape index (κ3) is 9.75. The second kappa shape index (κ2) is 10.9. The molecule has 3 amide bonds. The van der Waals surface area contributed by atoms with Crippen molar-refractivity contribution in [2.24, 2.45) is 4.99 Å². The molecule has 0 bridgehead atoms. The highest BCUT2D eigenvalue weighted by Gasteiger charge is 2.42. The predicted molar refractivity (Wildman–Crippen MR) is 116 cm³/mol. The minimum absolute atomic E-state index is 0.545. The Morgan fingerprint density at radius 1 is 0.941 bits per heavy atom. The van der Waals surface area contributed by atoms with Gasteiger partial charge in [-0.15, -0.1) is 0 Å². The van der Waals surface area contributed by atoms with Crippen LogP contribution < -0.4 is 16.0 Å². The summed E-state index contributed by atoms with van der Waals surface area (Å²) >= 11 is 0. The molecule has 0 spiro atoms. The van der Waals surface area contributed by atoms with Gasteiger partial charge in [-0.05, 0) is 47.6 Å². The summed E-state index contributed by atoms with van der Waals surface area (Å²) < 4.78 is 15.2. The number of hydrogen-bond acceptors (Lipinski definition) is 9. The van der Waals surface area contributed by atoms with Crippen molar-refractivity contribution in [2.45, 2.75) is 77.9 Å². The molecule has 0 saturated carbocycles. The maximum absolute atomic E-state index is 12.3. The molecule has 3 atom stereocenters. The molecule has 5 N–H and O–H groups in total. The van der Waals surface area contributed by atoms with Crippen LogP contribution in [0.5, 0.6) is 0 Å². The Bertz CT molecular complexity index is 866. The molecular weight excluding hydrogens is 456 g/mol. The number of aliphatic imine (C=N–C) groups is 1. The highest BCUT2D eigenvalue weighted by molar-refractivity contribution is 6.01. The van der Waals surface area contributed by atoms with E-state index in [4.69, 9.17) is 14.2 Å². The van der Waals surface area contributed by atoms with E-state index in [1.165, 1.54) is 0 Å². The maximum Gasteiger partial charge on any atom is 0.414 e. The van der Waals surface area contributed by atoms with Gasteiger partial charge in [-0.25, -0.2) is 24.2 Å². The van der Waals surface area contributed by atoms with Crippen molar-refractivity contribution in [3.63, 3.8) is 0 Å². The second-order valence-electron chi connectivity index (χ2n) is 9.16. The number of carboxylic acids is 2. The van der Waals surface area contributed by atoms with Crippen molar-refractivity contribution in [3.05, 3.63) is 11.8 Å². The van der Waals surface area contributed by atoms with E-state index in [0.29, 0.717) is 0 Å². The minimum Gasteiger partial charge on any atom is -0.478 e. The third-order valence-electron chi connectivity index (χ3n) is 3.61. The lowest BCUT2D eigenvalue weighted by atomic mass is 9.98. The number of carbonyl (C=O) groups is 5. The SMILES string of the molecule is CC(=O)N[C@@H]1[C@@H](N=C(NC(=O)OC(C)(C)C)NC(=O)OC(C)(C)C)C=C(C(=O)O)O[C@H]1C(=O)O. The van der Waals surface area contributed by atoms with Gasteiger partial charge in [-0.2, -0.15) is 0 Å². The van der Waals surface area contributed by atoms with Gasteiger partial charge < -0.3 is 29.7 Å². The first-order valence-electron chi connectivity index (χ1n) is 10.1. The largest absolute Gasteiger partial charge is 0.478 e. The maximum atomic E-state index is 12.3. The van der Waals surface area contributed by atoms with Crippen LogP contribution in [-0.4, -0.2) is 75.6 Å². The molecule has 0 aromatic carbocycles. The van der Waals surface area contributed by atoms with E-state index in [9.17, 15) is 34.2 Å². The van der Waals surface area contributed by atoms with Crippen LogP contribution in [-0.2, 0) is 28.6 Å². The zero-order valence-corrected chi connectivity index (χ0v) is 19.9. The molecule has 1 heterocycles. The smallest absolute Gasteiger partial charge is 0.414 e. The number of guanidine groups is 1. The number of ether oxygens (including phenoxy) is 3. The Morgan fingerprint density at radius 3 is 1.76 bits per heavy atom. The van der Waals surface area contributed by atoms with Gasteiger partial charge in [0.1, 0.15) is 23.3 Å². The van der Waals surface area contributed by atoms with Gasteiger partial charge >= 0.3 is 24.1 Å². The fraction of sp³-hybridized carbons (Fsp3) is 0.600. The summed E-state index contributed by atoms with van der Waals surface area (Å²) in [5.41, 5.74) is -1.83. The normalized spacial score (nSPS) is 20.0. The van der Waals surface area contributed by atoms with Gasteiger partial charge in [0, 0.05) is 6.92 Å². The number of carboxylic acid groups (broad SMARTS) is 2. The predicted octanol–water partition coefficient (Wildman–Crippen LogP) is 0.717. The summed E-state index contributed by atoms with van der Waals surface area (Å²) in [6.45, 7) is 10.7. The van der Waals surface area contributed by atoms with E-state index in [-0.39, 0.29) is 0 Å². The molecule has 1 rings (SSSR count). The van der Waals surface area contributed by atoms with E-state index < -0.39 is 71.1 Å². The summed E-state index contributed by atoms with van der Waals surface area (Å²) in [6.07, 6.45) is -2.96. The van der Waals surface area contributed by atoms with Crippen LogP contribution in [0.15, 0.2) is 16.8 Å². The highest BCUT2D eigenvalue weighted by Crippen LogP contribution is 2.22. The van der Waals surface area contributed by atoms with Gasteiger partial charge in [0.25, 0.3) is 0 Å². The lowest BCUT2D eigenvalue weighted by Gasteiger charge is -2.33. The van der Waals surface area contributed by atoms with Crippen LogP contribution >= 0.6 is 0 Å². The van der Waals surface area contributed by atoms with Crippen molar-refractivity contribution in [2.75, 3.05) is 0 Å². The molecule has 0 aromatic heterocycles. The zero-order chi connectivity index (χ0) is 26.4. The molecule has 14 nitrogen and oxygen atoms in total. The van der Waals surface area contributed by atoms with Crippen LogP contribution in [0.1, 0.15) is 48.5 Å². The Hall–Kier alpha value is -3.84. The van der Waals surface area contributed by atoms with Crippen LogP contribution in [0.25, 0.3) is 0 Å². The van der Waals surface area contributed by atoms with Gasteiger partial charge in [0.05, 0.1) is 0 Å². The molecule has 1 aliphatic rings. The number of rotatable bonds is 4. The lowest BCUT2D eigenvalue weighted by molar-refractivity contribution is -0.154. The van der Waals surface area contributed by atoms with E-state index >= 15 is 0 Å². The number of carbonyl (C=O) groups excluding carboxylic acids is 3. The standard InChI is InChI=1S/C20H30N4O10/c1-9(25)21-12-10(8-11(14(26)27)32-13(12)15(28)29)22-16(23-17(30)33-19(2,3)4)24-18(31)34-20(5,6)7/h8,10,12-13H,1-7H3,(H,21,25)(H,26,27)(H,28,29)(H2,22,23,24,30,31)/t10-,12+,13+/m0/s1. The van der Waals surface area contributed by atoms with Crippen molar-refractivity contribution < 1.29 is 48.4 Å². The number of nitrogens with one attached hydrogen (secondary N) is 3. The quantitative estimate of drug-likeness (QED) is 0.278. The number of nitrogens with zero attached hydrogens (tertiary/aromatic N) is 1. The van der Waals surface area contributed by atoms with Crippen molar-refractivity contribution in [1.29, 1.82) is 0 Å². The average molecular weight is 486 g/mol. The average Bonchev–Trinajstić information content (AvgIpc) is 2.58. The molecule has 34 heavy (non-hydrogen) atoms. The van der Waals surface area contributed by atoms with Gasteiger partial charge in [0.2, 0.25) is 23.7 Å². The molecule has 0 aliphatic carbocycles.